The molecule has 18 heavy (non-hydrogen) atoms. The van der Waals surface area contributed by atoms with E-state index in [1.54, 1.807) is 12.1 Å². The highest BCUT2D eigenvalue weighted by molar-refractivity contribution is 6.21. The molecule has 1 unspecified atom stereocenters. The fourth-order valence-electron chi connectivity index (χ4n) is 2.66. The van der Waals surface area contributed by atoms with Crippen molar-refractivity contribution in [1.82, 2.24) is 4.90 Å². The number of nitrogens with two attached hydrogens (primary N) is 1. The Kier molecular flexibility index (Phi) is 2.48. The third kappa shape index (κ3) is 1.56. The molecule has 0 bridgehead atoms. The smallest absolute Gasteiger partial charge is 0.261 e. The highest BCUT2D eigenvalue weighted by atomic mass is 16.2. The molecule has 1 aliphatic heterocycles. The number of amides is 2. The van der Waals surface area contributed by atoms with E-state index in [9.17, 15) is 9.59 Å². The third-order valence-corrected chi connectivity index (χ3v) is 3.81. The number of rotatable bonds is 3. The van der Waals surface area contributed by atoms with Gasteiger partial charge in [0, 0.05) is 6.54 Å². The van der Waals surface area contributed by atoms with Crippen LogP contribution in [0.2, 0.25) is 0 Å². The van der Waals surface area contributed by atoms with Gasteiger partial charge in [0.15, 0.2) is 0 Å². The molecule has 1 aromatic rings. The summed E-state index contributed by atoms with van der Waals surface area (Å²) < 4.78 is 0. The Morgan fingerprint density at radius 3 is 2.56 bits per heavy atom. The minimum atomic E-state index is -0.183. The van der Waals surface area contributed by atoms with Crippen LogP contribution in [0.1, 0.15) is 39.1 Å². The molecule has 0 saturated heterocycles. The number of nitrogens with zero attached hydrogens (tertiary/aromatic N) is 1. The van der Waals surface area contributed by atoms with E-state index in [4.69, 9.17) is 5.73 Å². The number of fused-ring (bicyclic) bond motifs is 1. The molecule has 94 valence electrons. The fourth-order valence-corrected chi connectivity index (χ4v) is 2.66. The van der Waals surface area contributed by atoms with Crippen molar-refractivity contribution in [1.29, 1.82) is 0 Å². The van der Waals surface area contributed by atoms with E-state index in [-0.39, 0.29) is 17.9 Å². The lowest BCUT2D eigenvalue weighted by Gasteiger charge is -2.24. The third-order valence-electron chi connectivity index (χ3n) is 3.81. The zero-order valence-corrected chi connectivity index (χ0v) is 10.3. The average Bonchev–Trinajstić information content (AvgIpc) is 3.15. The Morgan fingerprint density at radius 2 is 1.94 bits per heavy atom. The molecule has 1 aromatic carbocycles. The van der Waals surface area contributed by atoms with Crippen molar-refractivity contribution in [2.45, 2.75) is 25.8 Å². The summed E-state index contributed by atoms with van der Waals surface area (Å²) in [7, 11) is 0. The summed E-state index contributed by atoms with van der Waals surface area (Å²) in [4.78, 5) is 26.0. The first kappa shape index (κ1) is 11.4. The molecule has 1 heterocycles. The van der Waals surface area contributed by atoms with E-state index in [1.165, 1.54) is 4.90 Å². The van der Waals surface area contributed by atoms with E-state index < -0.39 is 0 Å². The highest BCUT2D eigenvalue weighted by Gasteiger charge is 2.44. The van der Waals surface area contributed by atoms with Crippen molar-refractivity contribution in [3.63, 3.8) is 0 Å². The summed E-state index contributed by atoms with van der Waals surface area (Å²) in [5, 5.41) is 0. The van der Waals surface area contributed by atoms with Gasteiger partial charge in [-0.05, 0) is 37.8 Å². The van der Waals surface area contributed by atoms with E-state index in [0.717, 1.165) is 18.4 Å². The summed E-state index contributed by atoms with van der Waals surface area (Å²) >= 11 is 0. The van der Waals surface area contributed by atoms with E-state index in [0.29, 0.717) is 23.6 Å². The lowest BCUT2D eigenvalue weighted by atomic mass is 10.1. The number of imide groups is 1. The van der Waals surface area contributed by atoms with Crippen molar-refractivity contribution in [3.05, 3.63) is 34.9 Å². The van der Waals surface area contributed by atoms with Crippen LogP contribution in [-0.4, -0.2) is 29.3 Å². The van der Waals surface area contributed by atoms with Gasteiger partial charge in [-0.1, -0.05) is 11.6 Å². The monoisotopic (exact) mass is 244 g/mol. The first-order valence-electron chi connectivity index (χ1n) is 6.32. The maximum absolute atomic E-state index is 12.3. The standard InChI is InChI=1S/C14H16N2O2/c1-8-2-5-10-11(6-8)14(18)16(13(10)17)12(7-15)9-3-4-9/h2,5-6,9,12H,3-4,7,15H2,1H3. The van der Waals surface area contributed by atoms with Crippen LogP contribution in [-0.2, 0) is 0 Å². The van der Waals surface area contributed by atoms with Gasteiger partial charge in [-0.15, -0.1) is 0 Å². The van der Waals surface area contributed by atoms with Crippen LogP contribution >= 0.6 is 0 Å². The zero-order chi connectivity index (χ0) is 12.9. The Labute approximate surface area is 106 Å². The Balaban J connectivity index is 2.00. The van der Waals surface area contributed by atoms with Gasteiger partial charge in [-0.25, -0.2) is 0 Å². The van der Waals surface area contributed by atoms with Crippen LogP contribution < -0.4 is 5.73 Å². The molecular formula is C14H16N2O2. The molecule has 0 spiro atoms. The molecule has 2 aliphatic rings. The molecule has 4 heteroatoms. The first-order chi connectivity index (χ1) is 8.63. The lowest BCUT2D eigenvalue weighted by molar-refractivity contribution is 0.0570. The van der Waals surface area contributed by atoms with Crippen LogP contribution in [0.15, 0.2) is 18.2 Å². The Hall–Kier alpha value is -1.68. The van der Waals surface area contributed by atoms with Crippen molar-refractivity contribution >= 4 is 11.8 Å². The zero-order valence-electron chi connectivity index (χ0n) is 10.3. The number of benzene rings is 1. The second-order valence-electron chi connectivity index (χ2n) is 5.17. The van der Waals surface area contributed by atoms with Crippen LogP contribution in [0.25, 0.3) is 0 Å². The second kappa shape index (κ2) is 3.92. The molecule has 4 nitrogen and oxygen atoms in total. The predicted octanol–water partition coefficient (Wildman–Crippen LogP) is 1.33. The molecule has 2 N–H and O–H groups in total. The van der Waals surface area contributed by atoms with Gasteiger partial charge < -0.3 is 5.73 Å². The summed E-state index contributed by atoms with van der Waals surface area (Å²) in [6.45, 7) is 2.27. The topological polar surface area (TPSA) is 63.4 Å². The molecule has 1 atom stereocenters. The fraction of sp³-hybridized carbons (Fsp3) is 0.429. The highest BCUT2D eigenvalue weighted by Crippen LogP contribution is 2.38. The van der Waals surface area contributed by atoms with Crippen LogP contribution in [0.4, 0.5) is 0 Å². The summed E-state index contributed by atoms with van der Waals surface area (Å²) in [6, 6.07) is 5.27. The van der Waals surface area contributed by atoms with E-state index in [2.05, 4.69) is 0 Å². The van der Waals surface area contributed by atoms with Crippen molar-refractivity contribution in [2.24, 2.45) is 11.7 Å². The lowest BCUT2D eigenvalue weighted by Crippen LogP contribution is -2.45. The minimum Gasteiger partial charge on any atom is -0.328 e. The molecule has 3 rings (SSSR count). The van der Waals surface area contributed by atoms with Gasteiger partial charge in [-0.2, -0.15) is 0 Å². The van der Waals surface area contributed by atoms with Gasteiger partial charge in [0.2, 0.25) is 0 Å². The molecule has 0 aromatic heterocycles. The summed E-state index contributed by atoms with van der Waals surface area (Å²) in [6.07, 6.45) is 2.13. The minimum absolute atomic E-state index is 0.127. The quantitative estimate of drug-likeness (QED) is 0.816. The molecule has 1 aliphatic carbocycles. The molecule has 0 radical (unpaired) electrons. The Morgan fingerprint density at radius 1 is 1.28 bits per heavy atom. The second-order valence-corrected chi connectivity index (χ2v) is 5.17. The number of carbonyl (C=O) groups excluding carboxylic acids is 2. The van der Waals surface area contributed by atoms with Gasteiger partial charge in [-0.3, -0.25) is 14.5 Å². The Bertz CT molecular complexity index is 535. The maximum Gasteiger partial charge on any atom is 0.261 e. The van der Waals surface area contributed by atoms with Gasteiger partial charge in [0.25, 0.3) is 11.8 Å². The number of hydrogen-bond acceptors (Lipinski definition) is 3. The first-order valence-corrected chi connectivity index (χ1v) is 6.32. The van der Waals surface area contributed by atoms with Crippen molar-refractivity contribution < 1.29 is 9.59 Å². The molecule has 1 fully saturated rings. The molecular weight excluding hydrogens is 228 g/mol. The summed E-state index contributed by atoms with van der Waals surface area (Å²) in [5.74, 6) is 0.0386. The average molecular weight is 244 g/mol. The van der Waals surface area contributed by atoms with Crippen molar-refractivity contribution in [3.8, 4) is 0 Å². The van der Waals surface area contributed by atoms with Crippen LogP contribution in [0.3, 0.4) is 0 Å². The van der Waals surface area contributed by atoms with Crippen LogP contribution in [0.5, 0.6) is 0 Å². The molecule has 2 amide bonds. The number of carbonyl (C=O) groups is 2. The SMILES string of the molecule is Cc1ccc2c(c1)C(=O)N(C(CN)C1CC1)C2=O. The number of hydrogen-bond donors (Lipinski definition) is 1. The van der Waals surface area contributed by atoms with Gasteiger partial charge in [0.1, 0.15) is 0 Å². The normalized spacial score (nSPS) is 20.2. The van der Waals surface area contributed by atoms with Crippen LogP contribution in [0, 0.1) is 12.8 Å². The van der Waals surface area contributed by atoms with Crippen molar-refractivity contribution in [2.75, 3.05) is 6.54 Å². The van der Waals surface area contributed by atoms with E-state index >= 15 is 0 Å². The summed E-state index contributed by atoms with van der Waals surface area (Å²) in [5.41, 5.74) is 7.77. The van der Waals surface area contributed by atoms with Gasteiger partial charge in [0.05, 0.1) is 17.2 Å². The largest absolute Gasteiger partial charge is 0.328 e. The number of aryl methyl sites for hydroxylation is 1. The maximum atomic E-state index is 12.3. The molecule has 1 saturated carbocycles. The van der Waals surface area contributed by atoms with E-state index in [1.807, 2.05) is 13.0 Å². The predicted molar refractivity (Wildman–Crippen MR) is 67.2 cm³/mol. The van der Waals surface area contributed by atoms with Gasteiger partial charge >= 0.3 is 0 Å².